The number of nitrogens with zero attached hydrogens (tertiary/aromatic N) is 3. The zero-order valence-corrected chi connectivity index (χ0v) is 16.6. The molecule has 6 heteroatoms. The third-order valence-corrected chi connectivity index (χ3v) is 4.37. The summed E-state index contributed by atoms with van der Waals surface area (Å²) in [5.74, 6) is 0.985. The van der Waals surface area contributed by atoms with Crippen LogP contribution in [0.4, 0.5) is 0 Å². The highest BCUT2D eigenvalue weighted by atomic mass is 127. The molecule has 0 amide bonds. The molecule has 0 aliphatic carbocycles. The second kappa shape index (κ2) is 9.57. The van der Waals surface area contributed by atoms with Gasteiger partial charge in [0.2, 0.25) is 0 Å². The number of rotatable bonds is 6. The number of hydrogen-bond donors (Lipinski definition) is 1. The highest BCUT2D eigenvalue weighted by Gasteiger charge is 2.22. The summed E-state index contributed by atoms with van der Waals surface area (Å²) in [6, 6.07) is 8.37. The van der Waals surface area contributed by atoms with Gasteiger partial charge in [0.25, 0.3) is 0 Å². The summed E-state index contributed by atoms with van der Waals surface area (Å²) in [7, 11) is 2.07. The number of likely N-dealkylation sites (N-methyl/N-ethyl adjacent to an activating group) is 2. The lowest BCUT2D eigenvalue weighted by molar-refractivity contribution is 0.218. The standard InChI is InChI=1S/C16H25ClN4.HI/c1-4-21(5-2)15(13-8-6-7-9-14(13)17)12-19-16-18-10-11-20(16)3;/h6-9,15H,4-5,10-12H2,1-3H3,(H,18,19);1H. The lowest BCUT2D eigenvalue weighted by Gasteiger charge is -2.31. The Bertz CT molecular complexity index is 491. The van der Waals surface area contributed by atoms with Crippen molar-refractivity contribution < 1.29 is 0 Å². The van der Waals surface area contributed by atoms with E-state index in [1.807, 2.05) is 12.1 Å². The van der Waals surface area contributed by atoms with Crippen LogP contribution in [0.3, 0.4) is 0 Å². The van der Waals surface area contributed by atoms with Crippen molar-refractivity contribution in [1.82, 2.24) is 15.1 Å². The van der Waals surface area contributed by atoms with Crippen LogP contribution < -0.4 is 5.32 Å². The minimum absolute atomic E-state index is 0. The van der Waals surface area contributed by atoms with Gasteiger partial charge < -0.3 is 10.2 Å². The first-order chi connectivity index (χ1) is 10.2. The fourth-order valence-corrected chi connectivity index (χ4v) is 3.02. The molecule has 22 heavy (non-hydrogen) atoms. The maximum atomic E-state index is 6.41. The van der Waals surface area contributed by atoms with E-state index in [2.05, 4.69) is 53.1 Å². The van der Waals surface area contributed by atoms with Crippen LogP contribution in [0.5, 0.6) is 0 Å². The molecule has 1 aromatic rings. The van der Waals surface area contributed by atoms with Gasteiger partial charge in [-0.1, -0.05) is 43.6 Å². The molecule has 0 spiro atoms. The molecular weight excluding hydrogens is 411 g/mol. The molecule has 0 saturated carbocycles. The molecule has 0 fully saturated rings. The minimum atomic E-state index is 0. The predicted molar refractivity (Wildman–Crippen MR) is 105 cm³/mol. The van der Waals surface area contributed by atoms with E-state index < -0.39 is 0 Å². The summed E-state index contributed by atoms with van der Waals surface area (Å²) < 4.78 is 0. The van der Waals surface area contributed by atoms with Gasteiger partial charge in [-0.2, -0.15) is 0 Å². The molecule has 0 bridgehead atoms. The Morgan fingerprint density at radius 3 is 2.55 bits per heavy atom. The fourth-order valence-electron chi connectivity index (χ4n) is 2.76. The van der Waals surface area contributed by atoms with E-state index in [-0.39, 0.29) is 30.0 Å². The summed E-state index contributed by atoms with van der Waals surface area (Å²) in [5, 5.41) is 4.31. The number of nitrogens with one attached hydrogen (secondary N) is 1. The largest absolute Gasteiger partial charge is 0.354 e. The Balaban J connectivity index is 0.00000242. The van der Waals surface area contributed by atoms with Gasteiger partial charge in [0.05, 0.1) is 12.6 Å². The molecule has 0 saturated heterocycles. The van der Waals surface area contributed by atoms with Crippen molar-refractivity contribution in [2.75, 3.05) is 39.8 Å². The summed E-state index contributed by atoms with van der Waals surface area (Å²) in [6.45, 7) is 9.05. The number of guanidine groups is 1. The van der Waals surface area contributed by atoms with Gasteiger partial charge in [-0.05, 0) is 24.7 Å². The molecule has 1 atom stereocenters. The van der Waals surface area contributed by atoms with Crippen LogP contribution in [0.1, 0.15) is 25.5 Å². The van der Waals surface area contributed by atoms with E-state index >= 15 is 0 Å². The lowest BCUT2D eigenvalue weighted by Crippen LogP contribution is -2.42. The van der Waals surface area contributed by atoms with Crippen LogP contribution in [-0.4, -0.2) is 55.5 Å². The van der Waals surface area contributed by atoms with Crippen molar-refractivity contribution >= 4 is 41.5 Å². The Morgan fingerprint density at radius 2 is 2.00 bits per heavy atom. The van der Waals surface area contributed by atoms with Crippen molar-refractivity contribution in [3.63, 3.8) is 0 Å². The Hall–Kier alpha value is -0.530. The van der Waals surface area contributed by atoms with Gasteiger partial charge in [-0.3, -0.25) is 9.89 Å². The normalized spacial score (nSPS) is 15.5. The second-order valence-electron chi connectivity index (χ2n) is 5.27. The SMILES string of the molecule is CCN(CC)C(CNC1=NCCN1C)c1ccccc1Cl.I. The highest BCUT2D eigenvalue weighted by Crippen LogP contribution is 2.27. The Morgan fingerprint density at radius 1 is 1.32 bits per heavy atom. The average Bonchev–Trinajstić information content (AvgIpc) is 2.90. The van der Waals surface area contributed by atoms with E-state index in [0.29, 0.717) is 0 Å². The van der Waals surface area contributed by atoms with Gasteiger partial charge >= 0.3 is 0 Å². The molecule has 1 aliphatic heterocycles. The number of benzene rings is 1. The van der Waals surface area contributed by atoms with Crippen LogP contribution in [-0.2, 0) is 0 Å². The van der Waals surface area contributed by atoms with Crippen LogP contribution in [0.2, 0.25) is 5.02 Å². The first-order valence-corrected chi connectivity index (χ1v) is 8.03. The van der Waals surface area contributed by atoms with Crippen molar-refractivity contribution in [3.05, 3.63) is 34.9 Å². The number of halogens is 2. The van der Waals surface area contributed by atoms with Crippen molar-refractivity contribution in [3.8, 4) is 0 Å². The first kappa shape index (κ1) is 19.5. The number of hydrogen-bond acceptors (Lipinski definition) is 4. The summed E-state index contributed by atoms with van der Waals surface area (Å²) >= 11 is 6.41. The molecule has 124 valence electrons. The maximum Gasteiger partial charge on any atom is 0.193 e. The van der Waals surface area contributed by atoms with Crippen molar-refractivity contribution in [2.24, 2.45) is 4.99 Å². The highest BCUT2D eigenvalue weighted by molar-refractivity contribution is 14.0. The fraction of sp³-hybridized carbons (Fsp3) is 0.562. The number of aliphatic imine (C=N–C) groups is 1. The quantitative estimate of drug-likeness (QED) is 0.695. The zero-order valence-electron chi connectivity index (χ0n) is 13.6. The summed E-state index contributed by atoms with van der Waals surface area (Å²) in [5.41, 5.74) is 1.18. The summed E-state index contributed by atoms with van der Waals surface area (Å²) in [6.07, 6.45) is 0. The molecule has 1 unspecified atom stereocenters. The van der Waals surface area contributed by atoms with Crippen molar-refractivity contribution in [1.29, 1.82) is 0 Å². The topological polar surface area (TPSA) is 30.9 Å². The van der Waals surface area contributed by atoms with E-state index in [0.717, 1.165) is 43.7 Å². The van der Waals surface area contributed by atoms with Gasteiger partial charge in [0.1, 0.15) is 0 Å². The molecule has 4 nitrogen and oxygen atoms in total. The minimum Gasteiger partial charge on any atom is -0.354 e. The van der Waals surface area contributed by atoms with E-state index in [1.165, 1.54) is 5.56 Å². The third-order valence-electron chi connectivity index (χ3n) is 4.03. The van der Waals surface area contributed by atoms with Gasteiger partial charge in [-0.25, -0.2) is 0 Å². The molecule has 2 rings (SSSR count). The van der Waals surface area contributed by atoms with Crippen LogP contribution >= 0.6 is 35.6 Å². The molecule has 0 radical (unpaired) electrons. The molecule has 1 aromatic carbocycles. The Kier molecular flexibility index (Phi) is 8.49. The first-order valence-electron chi connectivity index (χ1n) is 7.65. The molecule has 1 aliphatic rings. The third kappa shape index (κ3) is 4.73. The second-order valence-corrected chi connectivity index (χ2v) is 5.67. The van der Waals surface area contributed by atoms with Crippen LogP contribution in [0.15, 0.2) is 29.3 Å². The maximum absolute atomic E-state index is 6.41. The predicted octanol–water partition coefficient (Wildman–Crippen LogP) is 3.23. The smallest absolute Gasteiger partial charge is 0.193 e. The monoisotopic (exact) mass is 436 g/mol. The molecule has 1 heterocycles. The van der Waals surface area contributed by atoms with E-state index in [4.69, 9.17) is 11.6 Å². The van der Waals surface area contributed by atoms with Gasteiger partial charge in [0.15, 0.2) is 5.96 Å². The van der Waals surface area contributed by atoms with Crippen LogP contribution in [0.25, 0.3) is 0 Å². The Labute approximate surface area is 155 Å². The molecule has 0 aromatic heterocycles. The van der Waals surface area contributed by atoms with E-state index in [1.54, 1.807) is 0 Å². The molecular formula is C16H26ClIN4. The van der Waals surface area contributed by atoms with Crippen LogP contribution in [0, 0.1) is 0 Å². The van der Waals surface area contributed by atoms with Gasteiger partial charge in [0, 0.05) is 25.2 Å². The zero-order chi connectivity index (χ0) is 15.2. The van der Waals surface area contributed by atoms with E-state index in [9.17, 15) is 0 Å². The average molecular weight is 437 g/mol. The van der Waals surface area contributed by atoms with Gasteiger partial charge in [-0.15, -0.1) is 24.0 Å². The van der Waals surface area contributed by atoms with Crippen molar-refractivity contribution in [2.45, 2.75) is 19.9 Å². The lowest BCUT2D eigenvalue weighted by atomic mass is 10.0. The molecule has 1 N–H and O–H groups in total. The summed E-state index contributed by atoms with van der Waals surface area (Å²) in [4.78, 5) is 9.07.